The molecule has 0 fully saturated rings. The van der Waals surface area contributed by atoms with Crippen LogP contribution in [0.3, 0.4) is 0 Å². The SMILES string of the molecule is CCOc1cc(N)cc(C(=O)Nc2ccc(Br)c(C)c2)c1. The second kappa shape index (κ2) is 6.63. The number of hydrogen-bond acceptors (Lipinski definition) is 3. The summed E-state index contributed by atoms with van der Waals surface area (Å²) in [5.74, 6) is 0.375. The van der Waals surface area contributed by atoms with Crippen molar-refractivity contribution in [3.8, 4) is 5.75 Å². The number of nitrogens with one attached hydrogen (secondary N) is 1. The molecular weight excluding hydrogens is 332 g/mol. The molecule has 0 radical (unpaired) electrons. The van der Waals surface area contributed by atoms with Crippen LogP contribution in [0.15, 0.2) is 40.9 Å². The fraction of sp³-hybridized carbons (Fsp3) is 0.188. The first-order chi connectivity index (χ1) is 9.99. The first kappa shape index (κ1) is 15.4. The fourth-order valence-electron chi connectivity index (χ4n) is 1.93. The molecule has 0 unspecified atom stereocenters. The Morgan fingerprint density at radius 3 is 2.71 bits per heavy atom. The summed E-state index contributed by atoms with van der Waals surface area (Å²) in [6.45, 7) is 4.37. The number of carbonyl (C=O) groups excluding carboxylic acids is 1. The van der Waals surface area contributed by atoms with Gasteiger partial charge in [0.15, 0.2) is 0 Å². The largest absolute Gasteiger partial charge is 0.494 e. The van der Waals surface area contributed by atoms with Crippen LogP contribution in [0.5, 0.6) is 5.75 Å². The Morgan fingerprint density at radius 1 is 1.29 bits per heavy atom. The third kappa shape index (κ3) is 3.98. The molecule has 110 valence electrons. The lowest BCUT2D eigenvalue weighted by molar-refractivity contribution is 0.102. The lowest BCUT2D eigenvalue weighted by Crippen LogP contribution is -2.12. The van der Waals surface area contributed by atoms with Crippen molar-refractivity contribution in [1.82, 2.24) is 0 Å². The van der Waals surface area contributed by atoms with E-state index in [0.717, 1.165) is 15.7 Å². The Balaban J connectivity index is 2.21. The van der Waals surface area contributed by atoms with Gasteiger partial charge in [0.2, 0.25) is 0 Å². The zero-order chi connectivity index (χ0) is 15.4. The van der Waals surface area contributed by atoms with Crippen molar-refractivity contribution in [3.63, 3.8) is 0 Å². The summed E-state index contributed by atoms with van der Waals surface area (Å²) in [5.41, 5.74) is 8.56. The number of hydrogen-bond donors (Lipinski definition) is 2. The van der Waals surface area contributed by atoms with Crippen LogP contribution < -0.4 is 15.8 Å². The Bertz CT molecular complexity index is 671. The molecule has 4 nitrogen and oxygen atoms in total. The number of carbonyl (C=O) groups is 1. The molecule has 2 rings (SSSR count). The highest BCUT2D eigenvalue weighted by Crippen LogP contribution is 2.22. The van der Waals surface area contributed by atoms with Gasteiger partial charge in [0, 0.05) is 27.5 Å². The minimum Gasteiger partial charge on any atom is -0.494 e. The maximum Gasteiger partial charge on any atom is 0.255 e. The molecule has 0 spiro atoms. The van der Waals surface area contributed by atoms with Gasteiger partial charge in [0.25, 0.3) is 5.91 Å². The first-order valence-corrected chi connectivity index (χ1v) is 7.39. The highest BCUT2D eigenvalue weighted by Gasteiger charge is 2.09. The topological polar surface area (TPSA) is 64.3 Å². The average Bonchev–Trinajstić information content (AvgIpc) is 2.42. The standard InChI is InChI=1S/C16H17BrN2O2/c1-3-21-14-8-11(7-12(18)9-14)16(20)19-13-4-5-15(17)10(2)6-13/h4-9H,3,18H2,1-2H3,(H,19,20). The Labute approximate surface area is 132 Å². The number of amides is 1. The second-order valence-corrected chi connectivity index (χ2v) is 5.50. The molecule has 0 bridgehead atoms. The van der Waals surface area contributed by atoms with Gasteiger partial charge in [-0.25, -0.2) is 0 Å². The van der Waals surface area contributed by atoms with E-state index in [4.69, 9.17) is 10.5 Å². The average molecular weight is 349 g/mol. The van der Waals surface area contributed by atoms with Gasteiger partial charge in [-0.1, -0.05) is 15.9 Å². The summed E-state index contributed by atoms with van der Waals surface area (Å²) in [6.07, 6.45) is 0. The maximum absolute atomic E-state index is 12.3. The zero-order valence-corrected chi connectivity index (χ0v) is 13.5. The number of anilines is 2. The van der Waals surface area contributed by atoms with Crippen LogP contribution in [-0.2, 0) is 0 Å². The predicted octanol–water partition coefficient (Wildman–Crippen LogP) is 3.99. The number of nitrogens with two attached hydrogens (primary N) is 1. The maximum atomic E-state index is 12.3. The number of aryl methyl sites for hydroxylation is 1. The molecule has 21 heavy (non-hydrogen) atoms. The molecule has 0 aliphatic heterocycles. The number of benzene rings is 2. The van der Waals surface area contributed by atoms with Crippen molar-refractivity contribution in [2.75, 3.05) is 17.7 Å². The molecule has 0 saturated carbocycles. The minimum atomic E-state index is -0.218. The highest BCUT2D eigenvalue weighted by molar-refractivity contribution is 9.10. The van der Waals surface area contributed by atoms with E-state index in [0.29, 0.717) is 23.6 Å². The minimum absolute atomic E-state index is 0.218. The van der Waals surface area contributed by atoms with Gasteiger partial charge in [0.05, 0.1) is 6.61 Å². The Morgan fingerprint density at radius 2 is 2.05 bits per heavy atom. The van der Waals surface area contributed by atoms with Crippen LogP contribution >= 0.6 is 15.9 Å². The predicted molar refractivity (Wildman–Crippen MR) is 88.9 cm³/mol. The summed E-state index contributed by atoms with van der Waals surface area (Å²) >= 11 is 3.43. The molecule has 5 heteroatoms. The molecule has 2 aromatic carbocycles. The fourth-order valence-corrected chi connectivity index (χ4v) is 2.18. The smallest absolute Gasteiger partial charge is 0.255 e. The zero-order valence-electron chi connectivity index (χ0n) is 11.9. The van der Waals surface area contributed by atoms with Gasteiger partial charge in [-0.05, 0) is 49.7 Å². The van der Waals surface area contributed by atoms with E-state index < -0.39 is 0 Å². The third-order valence-electron chi connectivity index (χ3n) is 2.92. The summed E-state index contributed by atoms with van der Waals surface area (Å²) in [5, 5.41) is 2.85. The van der Waals surface area contributed by atoms with Crippen molar-refractivity contribution in [2.24, 2.45) is 0 Å². The monoisotopic (exact) mass is 348 g/mol. The molecule has 0 aliphatic rings. The summed E-state index contributed by atoms with van der Waals surface area (Å²) in [6, 6.07) is 10.6. The molecule has 0 aliphatic carbocycles. The molecule has 0 heterocycles. The lowest BCUT2D eigenvalue weighted by Gasteiger charge is -2.10. The Kier molecular flexibility index (Phi) is 4.85. The number of ether oxygens (including phenoxy) is 1. The lowest BCUT2D eigenvalue weighted by atomic mass is 10.1. The first-order valence-electron chi connectivity index (χ1n) is 6.60. The van der Waals surface area contributed by atoms with E-state index in [-0.39, 0.29) is 5.91 Å². The van der Waals surface area contributed by atoms with Gasteiger partial charge < -0.3 is 15.8 Å². The number of halogens is 1. The van der Waals surface area contributed by atoms with Crippen LogP contribution in [0.1, 0.15) is 22.8 Å². The van der Waals surface area contributed by atoms with E-state index >= 15 is 0 Å². The second-order valence-electron chi connectivity index (χ2n) is 4.64. The van der Waals surface area contributed by atoms with Gasteiger partial charge in [-0.3, -0.25) is 4.79 Å². The van der Waals surface area contributed by atoms with E-state index in [1.54, 1.807) is 18.2 Å². The van der Waals surface area contributed by atoms with Crippen LogP contribution in [-0.4, -0.2) is 12.5 Å². The molecule has 0 atom stereocenters. The van der Waals surface area contributed by atoms with Crippen LogP contribution in [0.25, 0.3) is 0 Å². The highest BCUT2D eigenvalue weighted by atomic mass is 79.9. The normalized spacial score (nSPS) is 10.2. The Hall–Kier alpha value is -2.01. The molecule has 2 aromatic rings. The summed E-state index contributed by atoms with van der Waals surface area (Å²) < 4.78 is 6.40. The van der Waals surface area contributed by atoms with E-state index in [2.05, 4.69) is 21.2 Å². The van der Waals surface area contributed by atoms with Crippen molar-refractivity contribution >= 4 is 33.2 Å². The van der Waals surface area contributed by atoms with E-state index in [9.17, 15) is 4.79 Å². The molecular formula is C16H17BrN2O2. The van der Waals surface area contributed by atoms with Gasteiger partial charge in [0.1, 0.15) is 5.75 Å². The van der Waals surface area contributed by atoms with Gasteiger partial charge >= 0.3 is 0 Å². The van der Waals surface area contributed by atoms with Crippen LogP contribution in [0.4, 0.5) is 11.4 Å². The molecule has 0 aromatic heterocycles. The van der Waals surface area contributed by atoms with Crippen molar-refractivity contribution in [3.05, 3.63) is 52.0 Å². The quantitative estimate of drug-likeness (QED) is 0.821. The molecule has 3 N–H and O–H groups in total. The van der Waals surface area contributed by atoms with Crippen molar-refractivity contribution in [1.29, 1.82) is 0 Å². The van der Waals surface area contributed by atoms with Crippen LogP contribution in [0.2, 0.25) is 0 Å². The van der Waals surface area contributed by atoms with Gasteiger partial charge in [-0.15, -0.1) is 0 Å². The molecule has 1 amide bonds. The number of nitrogen functional groups attached to an aromatic ring is 1. The van der Waals surface area contributed by atoms with Crippen molar-refractivity contribution < 1.29 is 9.53 Å². The van der Waals surface area contributed by atoms with Crippen LogP contribution in [0, 0.1) is 6.92 Å². The van der Waals surface area contributed by atoms with Gasteiger partial charge in [-0.2, -0.15) is 0 Å². The summed E-state index contributed by atoms with van der Waals surface area (Å²) in [7, 11) is 0. The van der Waals surface area contributed by atoms with E-state index in [1.807, 2.05) is 32.0 Å². The molecule has 0 saturated heterocycles. The van der Waals surface area contributed by atoms with Crippen molar-refractivity contribution in [2.45, 2.75) is 13.8 Å². The summed E-state index contributed by atoms with van der Waals surface area (Å²) in [4.78, 5) is 12.3. The number of rotatable bonds is 4. The third-order valence-corrected chi connectivity index (χ3v) is 3.81. The van der Waals surface area contributed by atoms with E-state index in [1.165, 1.54) is 0 Å².